The molecular weight excluding hydrogens is 416 g/mol. The second-order valence-corrected chi connectivity index (χ2v) is 12.6. The summed E-state index contributed by atoms with van der Waals surface area (Å²) in [6, 6.07) is 0. The molecule has 1 unspecified atom stereocenters. The van der Waals surface area contributed by atoms with Gasteiger partial charge in [0, 0.05) is 6.42 Å². The molecule has 1 heterocycles. The smallest absolute Gasteiger partial charge is 0.174 e. The fraction of sp³-hybridized carbons (Fsp3) is 0.962. The molecule has 0 radical (unpaired) electrons. The van der Waals surface area contributed by atoms with Crippen LogP contribution in [0.1, 0.15) is 84.9 Å². The number of aromatic amines is 1. The molecule has 4 saturated carbocycles. The molecular formula is C26H44N4O3. The van der Waals surface area contributed by atoms with Crippen molar-refractivity contribution in [2.75, 3.05) is 0 Å². The molecule has 7 heteroatoms. The number of aromatic nitrogens is 4. The lowest BCUT2D eigenvalue weighted by atomic mass is 9.41. The lowest BCUT2D eigenvalue weighted by Gasteiger charge is -2.64. The molecule has 4 N–H and O–H groups in total. The van der Waals surface area contributed by atoms with Gasteiger partial charge in [0.15, 0.2) is 5.82 Å². The van der Waals surface area contributed by atoms with E-state index >= 15 is 0 Å². The number of aliphatic hydroxyl groups excluding tert-OH is 3. The third-order valence-corrected chi connectivity index (χ3v) is 11.3. The van der Waals surface area contributed by atoms with Crippen molar-refractivity contribution < 1.29 is 15.3 Å². The van der Waals surface area contributed by atoms with Crippen LogP contribution in [0.25, 0.3) is 0 Å². The first kappa shape index (κ1) is 23.7. The van der Waals surface area contributed by atoms with Crippen LogP contribution in [-0.2, 0) is 6.42 Å². The number of aliphatic hydroxyl groups is 3. The predicted molar refractivity (Wildman–Crippen MR) is 125 cm³/mol. The minimum Gasteiger partial charge on any atom is -0.393 e. The Morgan fingerprint density at radius 1 is 1.03 bits per heavy atom. The summed E-state index contributed by atoms with van der Waals surface area (Å²) in [6.07, 6.45) is 7.70. The Morgan fingerprint density at radius 2 is 1.79 bits per heavy atom. The van der Waals surface area contributed by atoms with Gasteiger partial charge in [0.2, 0.25) is 0 Å². The maximum Gasteiger partial charge on any atom is 0.174 e. The SMILES string of the molecule is CC[C@H]1[C@@H](O)[C@@H]2C(CC[C@]3(C)[C@@H]([C@H](C)CCc4nn[nH]n4)[C@@H](O)C[C@@H]23)[C@@]2(C)CC[C@@H](O)C[C@@H]12. The Hall–Kier alpha value is -1.05. The van der Waals surface area contributed by atoms with Crippen LogP contribution in [0.3, 0.4) is 0 Å². The van der Waals surface area contributed by atoms with E-state index in [9.17, 15) is 15.3 Å². The molecule has 1 aromatic heterocycles. The number of rotatable bonds is 5. The summed E-state index contributed by atoms with van der Waals surface area (Å²) in [6.45, 7) is 9.37. The van der Waals surface area contributed by atoms with E-state index in [1.165, 1.54) is 0 Å². The number of fused-ring (bicyclic) bond motifs is 5. The molecule has 0 spiro atoms. The fourth-order valence-electron chi connectivity index (χ4n) is 9.87. The molecule has 7 nitrogen and oxygen atoms in total. The average molecular weight is 461 g/mol. The van der Waals surface area contributed by atoms with Crippen molar-refractivity contribution in [3.05, 3.63) is 5.82 Å². The zero-order valence-corrected chi connectivity index (χ0v) is 20.8. The van der Waals surface area contributed by atoms with Crippen molar-refractivity contribution in [1.82, 2.24) is 20.6 Å². The van der Waals surface area contributed by atoms with E-state index in [0.717, 1.165) is 63.6 Å². The normalized spacial score (nSPS) is 50.3. The van der Waals surface area contributed by atoms with Crippen molar-refractivity contribution in [2.24, 2.45) is 52.3 Å². The molecule has 0 aromatic carbocycles. The van der Waals surface area contributed by atoms with Gasteiger partial charge in [-0.05, 0) is 97.2 Å². The van der Waals surface area contributed by atoms with Gasteiger partial charge >= 0.3 is 0 Å². The van der Waals surface area contributed by atoms with Gasteiger partial charge in [-0.25, -0.2) is 0 Å². The largest absolute Gasteiger partial charge is 0.393 e. The highest BCUT2D eigenvalue weighted by molar-refractivity contribution is 5.15. The number of nitrogens with zero attached hydrogens (tertiary/aromatic N) is 3. The van der Waals surface area contributed by atoms with E-state index in [1.807, 2.05) is 0 Å². The van der Waals surface area contributed by atoms with Gasteiger partial charge in [0.05, 0.1) is 18.3 Å². The van der Waals surface area contributed by atoms with Gasteiger partial charge in [-0.1, -0.05) is 39.3 Å². The van der Waals surface area contributed by atoms with Crippen LogP contribution >= 0.6 is 0 Å². The Kier molecular flexibility index (Phi) is 6.14. The number of tetrazole rings is 1. The molecule has 0 saturated heterocycles. The third-order valence-electron chi connectivity index (χ3n) is 11.3. The molecule has 4 aliphatic rings. The number of aryl methyl sites for hydroxylation is 1. The number of H-pyrrole nitrogens is 1. The van der Waals surface area contributed by atoms with Gasteiger partial charge in [-0.15, -0.1) is 10.2 Å². The Morgan fingerprint density at radius 3 is 2.48 bits per heavy atom. The zero-order valence-electron chi connectivity index (χ0n) is 20.8. The Labute approximate surface area is 198 Å². The number of hydrogen-bond acceptors (Lipinski definition) is 6. The van der Waals surface area contributed by atoms with E-state index in [4.69, 9.17) is 0 Å². The first-order valence-electron chi connectivity index (χ1n) is 13.5. The second-order valence-electron chi connectivity index (χ2n) is 12.6. The minimum absolute atomic E-state index is 0.0495. The quantitative estimate of drug-likeness (QED) is 0.536. The zero-order chi connectivity index (χ0) is 23.5. The molecule has 186 valence electrons. The van der Waals surface area contributed by atoms with Crippen LogP contribution in [0, 0.1) is 52.3 Å². The monoisotopic (exact) mass is 460 g/mol. The highest BCUT2D eigenvalue weighted by Gasteiger charge is 2.66. The summed E-state index contributed by atoms with van der Waals surface area (Å²) in [4.78, 5) is 0. The molecule has 12 atom stereocenters. The first-order chi connectivity index (χ1) is 15.7. The first-order valence-corrected chi connectivity index (χ1v) is 13.5. The number of hydrogen-bond donors (Lipinski definition) is 4. The topological polar surface area (TPSA) is 115 Å². The van der Waals surface area contributed by atoms with Crippen LogP contribution in [0.4, 0.5) is 0 Å². The highest BCUT2D eigenvalue weighted by Crippen LogP contribution is 2.69. The highest BCUT2D eigenvalue weighted by atomic mass is 16.3. The minimum atomic E-state index is -0.325. The summed E-state index contributed by atoms with van der Waals surface area (Å²) in [7, 11) is 0. The van der Waals surface area contributed by atoms with Crippen molar-refractivity contribution in [3.8, 4) is 0 Å². The van der Waals surface area contributed by atoms with Crippen LogP contribution in [0.2, 0.25) is 0 Å². The maximum absolute atomic E-state index is 11.8. The third kappa shape index (κ3) is 3.59. The van der Waals surface area contributed by atoms with E-state index in [-0.39, 0.29) is 46.9 Å². The molecule has 0 amide bonds. The van der Waals surface area contributed by atoms with Crippen LogP contribution in [0.15, 0.2) is 0 Å². The fourth-order valence-corrected chi connectivity index (χ4v) is 9.87. The standard InChI is InChI=1S/C26H44N4O3/c1-5-16-18-12-15(31)8-10-25(18,3)17-9-11-26(4)19(22(17)24(16)33)13-20(32)23(26)14(2)6-7-21-27-29-30-28-21/h14-20,22-24,31-33H,5-13H2,1-4H3,(H,27,28,29,30)/t14-,15-,16-,17?,18+,19+,20+,22-,23+,24-,25-,26+/m1/s1. The van der Waals surface area contributed by atoms with Crippen molar-refractivity contribution in [2.45, 2.75) is 104 Å². The van der Waals surface area contributed by atoms with Crippen molar-refractivity contribution in [3.63, 3.8) is 0 Å². The summed E-state index contributed by atoms with van der Waals surface area (Å²) in [5.74, 6) is 3.11. The van der Waals surface area contributed by atoms with E-state index in [0.29, 0.717) is 23.7 Å². The lowest BCUT2D eigenvalue weighted by Crippen LogP contribution is -2.62. The van der Waals surface area contributed by atoms with E-state index in [2.05, 4.69) is 48.3 Å². The molecule has 5 rings (SSSR count). The van der Waals surface area contributed by atoms with Gasteiger partial charge in [0.1, 0.15) is 0 Å². The van der Waals surface area contributed by atoms with Gasteiger partial charge in [-0.2, -0.15) is 5.21 Å². The van der Waals surface area contributed by atoms with Gasteiger partial charge in [-0.3, -0.25) is 0 Å². The van der Waals surface area contributed by atoms with E-state index < -0.39 is 0 Å². The summed E-state index contributed by atoms with van der Waals surface area (Å²) in [5.41, 5.74) is 0.242. The second kappa shape index (κ2) is 8.56. The Bertz CT molecular complexity index is 820. The molecule has 0 aliphatic heterocycles. The van der Waals surface area contributed by atoms with Crippen LogP contribution in [-0.4, -0.2) is 54.3 Å². The molecule has 4 aliphatic carbocycles. The Balaban J connectivity index is 1.42. The summed E-state index contributed by atoms with van der Waals surface area (Å²) >= 11 is 0. The summed E-state index contributed by atoms with van der Waals surface area (Å²) < 4.78 is 0. The molecule has 1 aromatic rings. The van der Waals surface area contributed by atoms with E-state index in [1.54, 1.807) is 0 Å². The summed E-state index contributed by atoms with van der Waals surface area (Å²) in [5, 5.41) is 48.1. The van der Waals surface area contributed by atoms with Crippen LogP contribution < -0.4 is 0 Å². The molecule has 33 heavy (non-hydrogen) atoms. The number of nitrogens with one attached hydrogen (secondary N) is 1. The average Bonchev–Trinajstić information content (AvgIpc) is 3.38. The molecule has 4 fully saturated rings. The molecule has 0 bridgehead atoms. The lowest BCUT2D eigenvalue weighted by molar-refractivity contribution is -0.203. The van der Waals surface area contributed by atoms with Crippen molar-refractivity contribution >= 4 is 0 Å². The van der Waals surface area contributed by atoms with Crippen LogP contribution in [0.5, 0.6) is 0 Å². The van der Waals surface area contributed by atoms with Crippen molar-refractivity contribution in [1.29, 1.82) is 0 Å². The van der Waals surface area contributed by atoms with Gasteiger partial charge in [0.25, 0.3) is 0 Å². The van der Waals surface area contributed by atoms with Gasteiger partial charge < -0.3 is 15.3 Å². The predicted octanol–water partition coefficient (Wildman–Crippen LogP) is 3.37. The maximum atomic E-state index is 11.8.